The van der Waals surface area contributed by atoms with Crippen molar-refractivity contribution in [3.8, 4) is 0 Å². The molecule has 1 amide bonds. The molecule has 0 aromatic heterocycles. The van der Waals surface area contributed by atoms with Gasteiger partial charge in [0.2, 0.25) is 5.91 Å². The summed E-state index contributed by atoms with van der Waals surface area (Å²) in [6, 6.07) is 7.50. The van der Waals surface area contributed by atoms with Gasteiger partial charge in [0.15, 0.2) is 0 Å². The van der Waals surface area contributed by atoms with Crippen LogP contribution in [0.3, 0.4) is 0 Å². The van der Waals surface area contributed by atoms with Crippen LogP contribution < -0.4 is 4.90 Å². The molecule has 3 rings (SSSR count). The quantitative estimate of drug-likeness (QED) is 0.429. The monoisotopic (exact) mass is 462 g/mol. The number of hydrogen-bond donors (Lipinski definition) is 0. The Morgan fingerprint density at radius 1 is 0.839 bits per heavy atom. The molecule has 10 heteroatoms. The van der Waals surface area contributed by atoms with Crippen molar-refractivity contribution < 1.29 is 31.1 Å². The second-order valence-electron chi connectivity index (χ2n) is 6.93. The van der Waals surface area contributed by atoms with Gasteiger partial charge in [0, 0.05) is 32.3 Å². The van der Waals surface area contributed by atoms with Gasteiger partial charge in [0.05, 0.1) is 21.8 Å². The van der Waals surface area contributed by atoms with Crippen LogP contribution in [0.25, 0.3) is 6.08 Å². The number of benzene rings is 2. The highest BCUT2D eigenvalue weighted by Crippen LogP contribution is 2.35. The fourth-order valence-electron chi connectivity index (χ4n) is 3.16. The highest BCUT2D eigenvalue weighted by Gasteiger charge is 2.32. The van der Waals surface area contributed by atoms with Gasteiger partial charge >= 0.3 is 12.4 Å². The summed E-state index contributed by atoms with van der Waals surface area (Å²) in [5.41, 5.74) is -0.884. The smallest absolute Gasteiger partial charge is 0.367 e. The maximum Gasteiger partial charge on any atom is 0.416 e. The highest BCUT2D eigenvalue weighted by molar-refractivity contribution is 6.33. The van der Waals surface area contributed by atoms with Crippen molar-refractivity contribution in [3.05, 3.63) is 70.3 Å². The van der Waals surface area contributed by atoms with E-state index in [1.165, 1.54) is 35.3 Å². The molecule has 1 fully saturated rings. The molecule has 1 aliphatic heterocycles. The minimum atomic E-state index is -4.49. The highest BCUT2D eigenvalue weighted by atomic mass is 35.5. The molecule has 2 aromatic carbocycles. The van der Waals surface area contributed by atoms with Crippen LogP contribution in [-0.2, 0) is 17.1 Å². The van der Waals surface area contributed by atoms with Crippen LogP contribution in [0.5, 0.6) is 0 Å². The van der Waals surface area contributed by atoms with E-state index in [0.717, 1.165) is 24.3 Å². The molecule has 0 radical (unpaired) electrons. The van der Waals surface area contributed by atoms with Crippen LogP contribution in [0.2, 0.25) is 5.02 Å². The van der Waals surface area contributed by atoms with E-state index >= 15 is 0 Å². The van der Waals surface area contributed by atoms with Crippen molar-refractivity contribution in [1.29, 1.82) is 0 Å². The third-order valence-corrected chi connectivity index (χ3v) is 5.18. The summed E-state index contributed by atoms with van der Waals surface area (Å²) in [5.74, 6) is -0.338. The van der Waals surface area contributed by atoms with Crippen molar-refractivity contribution in [1.82, 2.24) is 4.90 Å². The summed E-state index contributed by atoms with van der Waals surface area (Å²) < 4.78 is 76.7. The number of carbonyl (C=O) groups is 1. The van der Waals surface area contributed by atoms with Gasteiger partial charge in [-0.2, -0.15) is 26.3 Å². The van der Waals surface area contributed by atoms with Crippen LogP contribution >= 0.6 is 11.6 Å². The summed E-state index contributed by atoms with van der Waals surface area (Å²) in [6.45, 7) is 1.12. The van der Waals surface area contributed by atoms with Crippen molar-refractivity contribution >= 4 is 29.3 Å². The maximum atomic E-state index is 13.0. The van der Waals surface area contributed by atoms with Gasteiger partial charge in [-0.1, -0.05) is 23.7 Å². The Bertz CT molecular complexity index is 961. The summed E-state index contributed by atoms with van der Waals surface area (Å²) in [4.78, 5) is 15.6. The van der Waals surface area contributed by atoms with Crippen molar-refractivity contribution in [2.24, 2.45) is 0 Å². The van der Waals surface area contributed by atoms with Crippen LogP contribution in [0.4, 0.5) is 32.0 Å². The fraction of sp³-hybridized carbons (Fsp3) is 0.286. The van der Waals surface area contributed by atoms with E-state index in [1.807, 2.05) is 0 Å². The topological polar surface area (TPSA) is 23.6 Å². The molecule has 2 aromatic rings. The lowest BCUT2D eigenvalue weighted by Crippen LogP contribution is -2.48. The summed E-state index contributed by atoms with van der Waals surface area (Å²) in [5, 5.41) is 0.190. The van der Waals surface area contributed by atoms with Crippen LogP contribution in [0.15, 0.2) is 48.5 Å². The van der Waals surface area contributed by atoms with Crippen molar-refractivity contribution in [3.63, 3.8) is 0 Å². The van der Waals surface area contributed by atoms with Crippen molar-refractivity contribution in [2.75, 3.05) is 31.1 Å². The van der Waals surface area contributed by atoms with Crippen LogP contribution in [-0.4, -0.2) is 37.0 Å². The third-order valence-electron chi connectivity index (χ3n) is 4.86. The molecule has 0 spiro atoms. The lowest BCUT2D eigenvalue weighted by Gasteiger charge is -2.36. The number of alkyl halides is 6. The third kappa shape index (κ3) is 5.72. The van der Waals surface area contributed by atoms with E-state index in [0.29, 0.717) is 18.7 Å². The molecular weight excluding hydrogens is 446 g/mol. The first kappa shape index (κ1) is 23.0. The van der Waals surface area contributed by atoms with Gasteiger partial charge in [-0.25, -0.2) is 0 Å². The van der Waals surface area contributed by atoms with Crippen LogP contribution in [0, 0.1) is 0 Å². The van der Waals surface area contributed by atoms with Gasteiger partial charge in [0.1, 0.15) is 0 Å². The zero-order valence-corrected chi connectivity index (χ0v) is 16.7. The Morgan fingerprint density at radius 2 is 1.39 bits per heavy atom. The van der Waals surface area contributed by atoms with E-state index in [2.05, 4.69) is 0 Å². The van der Waals surface area contributed by atoms with E-state index in [4.69, 9.17) is 11.6 Å². The molecule has 1 heterocycles. The number of hydrogen-bond acceptors (Lipinski definition) is 2. The number of rotatable bonds is 3. The number of anilines is 1. The molecule has 1 aliphatic rings. The Balaban J connectivity index is 1.61. The lowest BCUT2D eigenvalue weighted by atomic mass is 10.1. The molecule has 0 saturated carbocycles. The van der Waals surface area contributed by atoms with E-state index < -0.39 is 23.5 Å². The SMILES string of the molecule is O=C(/C=C\c1ccc(C(F)(F)F)cc1)N1CCN(c2cc(C(F)(F)F)ccc2Cl)CC1. The first-order chi connectivity index (χ1) is 14.4. The average molecular weight is 463 g/mol. The van der Waals surface area contributed by atoms with E-state index in [-0.39, 0.29) is 29.7 Å². The Kier molecular flexibility index (Phi) is 6.54. The molecule has 0 aliphatic carbocycles. The average Bonchev–Trinajstić information content (AvgIpc) is 2.71. The zero-order valence-electron chi connectivity index (χ0n) is 16.0. The molecule has 31 heavy (non-hydrogen) atoms. The van der Waals surface area contributed by atoms with E-state index in [1.54, 1.807) is 4.90 Å². The molecule has 3 nitrogen and oxygen atoms in total. The molecule has 0 bridgehead atoms. The molecule has 0 N–H and O–H groups in total. The minimum absolute atomic E-state index is 0.190. The number of halogens is 7. The second kappa shape index (κ2) is 8.82. The first-order valence-corrected chi connectivity index (χ1v) is 9.59. The molecule has 166 valence electrons. The van der Waals surface area contributed by atoms with Gasteiger partial charge in [-0.3, -0.25) is 4.79 Å². The number of piperazine rings is 1. The Morgan fingerprint density at radius 3 is 1.94 bits per heavy atom. The van der Waals surface area contributed by atoms with Crippen LogP contribution in [0.1, 0.15) is 16.7 Å². The normalized spacial score (nSPS) is 15.6. The zero-order chi connectivity index (χ0) is 22.8. The first-order valence-electron chi connectivity index (χ1n) is 9.21. The standard InChI is InChI=1S/C21H17ClF6N2O/c22-17-7-6-16(21(26,27)28)13-18(17)29-9-11-30(12-10-29)19(31)8-3-14-1-4-15(5-2-14)20(23,24)25/h1-8,13H,9-12H2/b8-3-. The molecule has 0 unspecified atom stereocenters. The Labute approximate surface area is 179 Å². The largest absolute Gasteiger partial charge is 0.416 e. The number of carbonyl (C=O) groups excluding carboxylic acids is 1. The van der Waals surface area contributed by atoms with Gasteiger partial charge in [-0.15, -0.1) is 0 Å². The molecule has 0 atom stereocenters. The summed E-state index contributed by atoms with van der Waals surface area (Å²) >= 11 is 6.06. The minimum Gasteiger partial charge on any atom is -0.367 e. The number of nitrogens with zero attached hydrogens (tertiary/aromatic N) is 2. The second-order valence-corrected chi connectivity index (χ2v) is 7.34. The van der Waals surface area contributed by atoms with Crippen molar-refractivity contribution in [2.45, 2.75) is 12.4 Å². The fourth-order valence-corrected chi connectivity index (χ4v) is 3.39. The van der Waals surface area contributed by atoms with E-state index in [9.17, 15) is 31.1 Å². The Hall–Kier alpha value is -2.68. The maximum absolute atomic E-state index is 13.0. The van der Waals surface area contributed by atoms with Gasteiger partial charge < -0.3 is 9.80 Å². The summed E-state index contributed by atoms with van der Waals surface area (Å²) in [6.07, 6.45) is -6.24. The summed E-state index contributed by atoms with van der Waals surface area (Å²) in [7, 11) is 0. The molecular formula is C21H17ClF6N2O. The number of amides is 1. The molecule has 1 saturated heterocycles. The predicted molar refractivity (Wildman–Crippen MR) is 106 cm³/mol. The van der Waals surface area contributed by atoms with Gasteiger partial charge in [0.25, 0.3) is 0 Å². The lowest BCUT2D eigenvalue weighted by molar-refractivity contribution is -0.138. The predicted octanol–water partition coefficient (Wildman–Crippen LogP) is 5.74. The van der Waals surface area contributed by atoms with Gasteiger partial charge in [-0.05, 0) is 42.0 Å².